The van der Waals surface area contributed by atoms with Crippen LogP contribution in [0.5, 0.6) is 5.19 Å². The number of anilines is 1. The van der Waals surface area contributed by atoms with E-state index in [2.05, 4.69) is 58.1 Å². The van der Waals surface area contributed by atoms with Crippen LogP contribution in [0.1, 0.15) is 39.7 Å². The predicted molar refractivity (Wildman–Crippen MR) is 176 cm³/mol. The summed E-state index contributed by atoms with van der Waals surface area (Å²) in [6.07, 6.45) is 1.67. The average Bonchev–Trinajstić information content (AvgIpc) is 3.42. The zero-order chi connectivity index (χ0) is 35.1. The number of aliphatic carboxylic acids is 4. The van der Waals surface area contributed by atoms with Crippen LogP contribution in [0, 0.1) is 0 Å². The lowest BCUT2D eigenvalue weighted by Crippen LogP contribution is -2.52. The van der Waals surface area contributed by atoms with Crippen molar-refractivity contribution in [1.29, 1.82) is 0 Å². The predicted octanol–water partition coefficient (Wildman–Crippen LogP) is 3.39. The molecule has 0 spiro atoms. The largest absolute Gasteiger partial charge is 0.473 e. The molecule has 1 aliphatic rings. The van der Waals surface area contributed by atoms with E-state index in [4.69, 9.17) is 44.3 Å². The van der Waals surface area contributed by atoms with Gasteiger partial charge in [-0.15, -0.1) is 0 Å². The van der Waals surface area contributed by atoms with E-state index in [1.807, 2.05) is 37.8 Å². The molecule has 1 amide bonds. The van der Waals surface area contributed by atoms with Crippen molar-refractivity contribution in [3.8, 4) is 5.19 Å². The Kier molecular flexibility index (Phi) is 15.7. The Morgan fingerprint density at radius 1 is 0.851 bits per heavy atom. The van der Waals surface area contributed by atoms with Gasteiger partial charge >= 0.3 is 23.9 Å². The molecule has 1 aliphatic heterocycles. The fourth-order valence-corrected chi connectivity index (χ4v) is 5.66. The summed E-state index contributed by atoms with van der Waals surface area (Å²) in [6, 6.07) is 16.9. The minimum Gasteiger partial charge on any atom is -0.473 e. The molecule has 0 aliphatic carbocycles. The van der Waals surface area contributed by atoms with E-state index in [0.29, 0.717) is 11.6 Å². The highest BCUT2D eigenvalue weighted by atomic mass is 32.1. The first-order valence-corrected chi connectivity index (χ1v) is 15.8. The van der Waals surface area contributed by atoms with Crippen LogP contribution in [0.3, 0.4) is 0 Å². The normalized spacial score (nSPS) is 13.8. The number of aromatic nitrogens is 1. The molecule has 1 fully saturated rings. The van der Waals surface area contributed by atoms with Gasteiger partial charge in [0.05, 0.1) is 16.3 Å². The Morgan fingerprint density at radius 2 is 1.40 bits per heavy atom. The molecule has 4 rings (SSSR count). The molecule has 1 saturated heterocycles. The number of piperazine rings is 1. The van der Waals surface area contributed by atoms with Gasteiger partial charge < -0.3 is 35.0 Å². The minimum atomic E-state index is -1.82. The van der Waals surface area contributed by atoms with Gasteiger partial charge in [-0.05, 0) is 51.0 Å². The lowest BCUT2D eigenvalue weighted by atomic mass is 10.1. The maximum absolute atomic E-state index is 13.0. The number of carboxylic acids is 4. The van der Waals surface area contributed by atoms with Gasteiger partial charge in [0.2, 0.25) is 5.91 Å². The highest BCUT2D eigenvalue weighted by molar-refractivity contribution is 7.20. The zero-order valence-electron chi connectivity index (χ0n) is 26.9. The molecule has 1 atom stereocenters. The van der Waals surface area contributed by atoms with E-state index in [1.54, 1.807) is 0 Å². The molecule has 2 aromatic carbocycles. The highest BCUT2D eigenvalue weighted by Gasteiger charge is 2.25. The van der Waals surface area contributed by atoms with Crippen molar-refractivity contribution in [1.82, 2.24) is 14.8 Å². The molecule has 0 bridgehead atoms. The fourth-order valence-electron chi connectivity index (χ4n) is 4.69. The number of ether oxygens (including phenoxy) is 1. The minimum absolute atomic E-state index is 0.0898. The molecular weight excluding hydrogens is 632 g/mol. The summed E-state index contributed by atoms with van der Waals surface area (Å²) in [5.41, 5.74) is 3.26. The van der Waals surface area contributed by atoms with Crippen LogP contribution in [-0.4, -0.2) is 116 Å². The molecule has 4 N–H and O–H groups in total. The number of carbonyl (C=O) groups excluding carboxylic acids is 1. The Morgan fingerprint density at radius 3 is 1.91 bits per heavy atom. The van der Waals surface area contributed by atoms with Crippen molar-refractivity contribution in [3.05, 3.63) is 54.1 Å². The lowest BCUT2D eigenvalue weighted by molar-refractivity contribution is -0.159. The molecular formula is C32H42N4O10S. The Hall–Kier alpha value is -4.60. The average molecular weight is 675 g/mol. The van der Waals surface area contributed by atoms with Crippen molar-refractivity contribution < 1.29 is 49.1 Å². The molecule has 15 heteroatoms. The van der Waals surface area contributed by atoms with E-state index in [-0.39, 0.29) is 18.1 Å². The summed E-state index contributed by atoms with van der Waals surface area (Å²) in [4.78, 5) is 61.0. The molecule has 3 aromatic rings. The third-order valence-corrected chi connectivity index (χ3v) is 7.80. The zero-order valence-corrected chi connectivity index (χ0v) is 27.7. The number of rotatable bonds is 10. The van der Waals surface area contributed by atoms with Crippen LogP contribution in [0.4, 0.5) is 5.69 Å². The maximum atomic E-state index is 13.0. The van der Waals surface area contributed by atoms with E-state index in [9.17, 15) is 4.79 Å². The standard InChI is InChI=1S/C28H38N4O2S.2C2H2O4/c1-5-27(33)32(24-11-12-25-26(19-24)35-28(29-25)34-21(2)3)22(4)20-31-17-15-30(16-18-31)14-13-23-9-7-6-8-10-23;2*3-1(4)2(5)6/h6-12,19,21-22H,5,13-18,20H2,1-4H3;2*(H,3,4)(H,5,6). The first kappa shape index (κ1) is 38.6. The number of carbonyl (C=O) groups is 5. The van der Waals surface area contributed by atoms with Gasteiger partial charge in [-0.25, -0.2) is 24.2 Å². The quantitative estimate of drug-likeness (QED) is 0.229. The summed E-state index contributed by atoms with van der Waals surface area (Å²) in [7, 11) is 0. The van der Waals surface area contributed by atoms with Crippen molar-refractivity contribution in [3.63, 3.8) is 0 Å². The lowest BCUT2D eigenvalue weighted by Gasteiger charge is -2.38. The summed E-state index contributed by atoms with van der Waals surface area (Å²) in [6.45, 7) is 14.3. The van der Waals surface area contributed by atoms with Crippen LogP contribution in [0.25, 0.3) is 10.2 Å². The van der Waals surface area contributed by atoms with Gasteiger partial charge in [-0.2, -0.15) is 0 Å². The van der Waals surface area contributed by atoms with Crippen molar-refractivity contribution >= 4 is 57.0 Å². The van der Waals surface area contributed by atoms with E-state index < -0.39 is 23.9 Å². The summed E-state index contributed by atoms with van der Waals surface area (Å²) in [5, 5.41) is 30.2. The Bertz CT molecular complexity index is 1440. The van der Waals surface area contributed by atoms with E-state index >= 15 is 0 Å². The molecule has 1 unspecified atom stereocenters. The third kappa shape index (κ3) is 13.3. The molecule has 14 nitrogen and oxygen atoms in total. The fraction of sp³-hybridized carbons (Fsp3) is 0.438. The second-order valence-electron chi connectivity index (χ2n) is 10.9. The van der Waals surface area contributed by atoms with Gasteiger partial charge in [0, 0.05) is 57.4 Å². The Labute approximate surface area is 276 Å². The number of amides is 1. The Balaban J connectivity index is 0.000000546. The number of fused-ring (bicyclic) bond motifs is 1. The van der Waals surface area contributed by atoms with Gasteiger partial charge in [-0.3, -0.25) is 9.69 Å². The van der Waals surface area contributed by atoms with Gasteiger partial charge in [0.15, 0.2) is 0 Å². The van der Waals surface area contributed by atoms with Crippen LogP contribution in [0.15, 0.2) is 48.5 Å². The number of nitrogens with zero attached hydrogens (tertiary/aromatic N) is 4. The molecule has 0 saturated carbocycles. The summed E-state index contributed by atoms with van der Waals surface area (Å²) < 4.78 is 6.83. The molecule has 256 valence electrons. The summed E-state index contributed by atoms with van der Waals surface area (Å²) in [5.74, 6) is -7.14. The molecule has 0 radical (unpaired) electrons. The monoisotopic (exact) mass is 674 g/mol. The van der Waals surface area contributed by atoms with E-state index in [0.717, 1.165) is 61.6 Å². The number of carboxylic acid groups (broad SMARTS) is 4. The second kappa shape index (κ2) is 19.2. The van der Waals surface area contributed by atoms with Crippen molar-refractivity contribution in [2.75, 3.05) is 44.2 Å². The van der Waals surface area contributed by atoms with Crippen LogP contribution >= 0.6 is 11.3 Å². The van der Waals surface area contributed by atoms with Crippen LogP contribution < -0.4 is 9.64 Å². The topological polar surface area (TPSA) is 198 Å². The molecule has 1 aromatic heterocycles. The number of thiazole rings is 1. The van der Waals surface area contributed by atoms with Gasteiger partial charge in [0.1, 0.15) is 0 Å². The van der Waals surface area contributed by atoms with Crippen LogP contribution in [-0.2, 0) is 30.4 Å². The van der Waals surface area contributed by atoms with Gasteiger partial charge in [0.25, 0.3) is 5.19 Å². The van der Waals surface area contributed by atoms with Gasteiger partial charge in [-0.1, -0.05) is 48.6 Å². The van der Waals surface area contributed by atoms with Crippen LogP contribution in [0.2, 0.25) is 0 Å². The molecule has 47 heavy (non-hydrogen) atoms. The highest BCUT2D eigenvalue weighted by Crippen LogP contribution is 2.32. The smallest absolute Gasteiger partial charge is 0.414 e. The first-order valence-electron chi connectivity index (χ1n) is 15.0. The van der Waals surface area contributed by atoms with E-state index in [1.165, 1.54) is 16.9 Å². The first-order chi connectivity index (χ1) is 22.2. The number of hydrogen-bond donors (Lipinski definition) is 4. The molecule has 2 heterocycles. The maximum Gasteiger partial charge on any atom is 0.414 e. The number of hydrogen-bond acceptors (Lipinski definition) is 10. The van der Waals surface area contributed by atoms with Crippen molar-refractivity contribution in [2.45, 2.75) is 52.7 Å². The number of benzene rings is 2. The third-order valence-electron chi connectivity index (χ3n) is 6.89. The van der Waals surface area contributed by atoms with Crippen molar-refractivity contribution in [2.24, 2.45) is 0 Å². The second-order valence-corrected chi connectivity index (χ2v) is 11.9. The summed E-state index contributed by atoms with van der Waals surface area (Å²) >= 11 is 1.54. The SMILES string of the molecule is CCC(=O)N(c1ccc2nc(OC(C)C)sc2c1)C(C)CN1CCN(CCc2ccccc2)CC1.O=C(O)C(=O)O.O=C(O)C(=O)O.